The molecule has 1 N–H and O–H groups in total. The lowest BCUT2D eigenvalue weighted by atomic mass is 9.94. The first kappa shape index (κ1) is 18.8. The van der Waals surface area contributed by atoms with Crippen molar-refractivity contribution < 1.29 is 14.4 Å². The summed E-state index contributed by atoms with van der Waals surface area (Å²) in [5, 5.41) is 6.18. The fourth-order valence-electron chi connectivity index (χ4n) is 3.95. The van der Waals surface area contributed by atoms with Gasteiger partial charge in [0.15, 0.2) is 0 Å². The zero-order valence-corrected chi connectivity index (χ0v) is 16.5. The number of nitrogens with zero attached hydrogens (tertiary/aromatic N) is 1. The number of benzene rings is 4. The van der Waals surface area contributed by atoms with Crippen LogP contribution in [0.4, 0.5) is 4.79 Å². The second-order valence-corrected chi connectivity index (χ2v) is 7.43. The summed E-state index contributed by atoms with van der Waals surface area (Å²) < 4.78 is 0. The Bertz CT molecular complexity index is 1340. The van der Waals surface area contributed by atoms with Crippen LogP contribution in [-0.2, 0) is 16.1 Å². The maximum absolute atomic E-state index is 13.2. The van der Waals surface area contributed by atoms with Crippen molar-refractivity contribution in [3.63, 3.8) is 0 Å². The highest BCUT2D eigenvalue weighted by Gasteiger charge is 2.35. The first-order valence-corrected chi connectivity index (χ1v) is 9.95. The molecule has 1 saturated heterocycles. The Morgan fingerprint density at radius 2 is 1.32 bits per heavy atom. The highest BCUT2D eigenvalue weighted by atomic mass is 16.2. The summed E-state index contributed by atoms with van der Waals surface area (Å²) in [5.74, 6) is -1.29. The number of urea groups is 1. The van der Waals surface area contributed by atoms with Crippen LogP contribution < -0.4 is 5.32 Å². The molecule has 5 rings (SSSR count). The molecule has 0 unspecified atom stereocenters. The standard InChI is InChI=1S/C26H18N2O3/c29-24-23(25(30)28(26(31)27-24)16-17-8-2-1-3-9-17)15-22-20-12-6-4-10-18(20)14-19-11-5-7-13-21(19)22/h1-15H,16H2,(H,27,29,31). The van der Waals surface area contributed by atoms with E-state index in [1.807, 2.05) is 78.9 Å². The monoisotopic (exact) mass is 406 g/mol. The Morgan fingerprint density at radius 1 is 0.742 bits per heavy atom. The normalized spacial score (nSPS) is 15.7. The molecule has 5 nitrogen and oxygen atoms in total. The van der Waals surface area contributed by atoms with Crippen LogP contribution in [-0.4, -0.2) is 22.7 Å². The van der Waals surface area contributed by atoms with Gasteiger partial charge in [-0.1, -0.05) is 78.9 Å². The number of hydrogen-bond donors (Lipinski definition) is 1. The molecule has 4 aromatic rings. The first-order valence-electron chi connectivity index (χ1n) is 9.95. The van der Waals surface area contributed by atoms with Gasteiger partial charge in [0.1, 0.15) is 5.57 Å². The van der Waals surface area contributed by atoms with E-state index in [0.717, 1.165) is 37.6 Å². The molecule has 0 atom stereocenters. The highest BCUT2D eigenvalue weighted by Crippen LogP contribution is 2.31. The van der Waals surface area contributed by atoms with Crippen LogP contribution in [0.25, 0.3) is 27.6 Å². The predicted octanol–water partition coefficient (Wildman–Crippen LogP) is 4.66. The Morgan fingerprint density at radius 3 is 1.97 bits per heavy atom. The molecule has 0 radical (unpaired) electrons. The predicted molar refractivity (Wildman–Crippen MR) is 120 cm³/mol. The van der Waals surface area contributed by atoms with Crippen LogP contribution >= 0.6 is 0 Å². The molecular formula is C26H18N2O3. The summed E-state index contributed by atoms with van der Waals surface area (Å²) >= 11 is 0. The van der Waals surface area contributed by atoms with Crippen molar-refractivity contribution in [3.05, 3.63) is 102 Å². The molecule has 4 amide bonds. The quantitative estimate of drug-likeness (QED) is 0.306. The minimum absolute atomic E-state index is 0.0583. The van der Waals surface area contributed by atoms with E-state index in [1.165, 1.54) is 0 Å². The number of hydrogen-bond acceptors (Lipinski definition) is 3. The molecule has 1 fully saturated rings. The number of nitrogens with one attached hydrogen (secondary N) is 1. The Balaban J connectivity index is 1.65. The van der Waals surface area contributed by atoms with Gasteiger partial charge in [-0.15, -0.1) is 0 Å². The molecular weight excluding hydrogens is 388 g/mol. The molecule has 31 heavy (non-hydrogen) atoms. The van der Waals surface area contributed by atoms with Gasteiger partial charge in [0, 0.05) is 0 Å². The Hall–Kier alpha value is -4.25. The topological polar surface area (TPSA) is 66.5 Å². The zero-order valence-electron chi connectivity index (χ0n) is 16.5. The van der Waals surface area contributed by atoms with E-state index in [9.17, 15) is 14.4 Å². The van der Waals surface area contributed by atoms with Crippen molar-refractivity contribution in [1.29, 1.82) is 0 Å². The lowest BCUT2D eigenvalue weighted by Crippen LogP contribution is -2.53. The van der Waals surface area contributed by atoms with Crippen LogP contribution in [0.15, 0.2) is 90.5 Å². The second kappa shape index (κ2) is 7.54. The average Bonchev–Trinajstić information content (AvgIpc) is 2.79. The summed E-state index contributed by atoms with van der Waals surface area (Å²) in [6.45, 7) is 0.0897. The Kier molecular flexibility index (Phi) is 4.56. The van der Waals surface area contributed by atoms with Crippen LogP contribution in [0, 0.1) is 0 Å². The van der Waals surface area contributed by atoms with Crippen molar-refractivity contribution in [1.82, 2.24) is 10.2 Å². The third-order valence-corrected chi connectivity index (χ3v) is 5.47. The van der Waals surface area contributed by atoms with Crippen LogP contribution in [0.2, 0.25) is 0 Å². The maximum Gasteiger partial charge on any atom is 0.331 e. The van der Waals surface area contributed by atoms with Crippen LogP contribution in [0.3, 0.4) is 0 Å². The van der Waals surface area contributed by atoms with Crippen molar-refractivity contribution in [3.8, 4) is 0 Å². The van der Waals surface area contributed by atoms with Gasteiger partial charge < -0.3 is 0 Å². The molecule has 1 heterocycles. The van der Waals surface area contributed by atoms with E-state index in [4.69, 9.17) is 0 Å². The van der Waals surface area contributed by atoms with Gasteiger partial charge in [0.25, 0.3) is 11.8 Å². The van der Waals surface area contributed by atoms with Gasteiger partial charge in [-0.05, 0) is 44.8 Å². The smallest absolute Gasteiger partial charge is 0.273 e. The van der Waals surface area contributed by atoms with E-state index in [0.29, 0.717) is 0 Å². The summed E-state index contributed by atoms with van der Waals surface area (Å²) in [4.78, 5) is 39.3. The number of carbonyl (C=O) groups is 3. The fraction of sp³-hybridized carbons (Fsp3) is 0.0385. The van der Waals surface area contributed by atoms with Crippen molar-refractivity contribution in [2.24, 2.45) is 0 Å². The molecule has 0 spiro atoms. The lowest BCUT2D eigenvalue weighted by Gasteiger charge is -2.26. The van der Waals surface area contributed by atoms with Gasteiger partial charge in [0.2, 0.25) is 0 Å². The van der Waals surface area contributed by atoms with E-state index in [2.05, 4.69) is 11.4 Å². The minimum atomic E-state index is -0.709. The SMILES string of the molecule is O=C1NC(=O)N(Cc2ccccc2)C(=O)C1=Cc1c2ccccc2cc2ccccc12. The molecule has 150 valence electrons. The van der Waals surface area contributed by atoms with Crippen molar-refractivity contribution >= 4 is 45.5 Å². The molecule has 1 aliphatic rings. The third-order valence-electron chi connectivity index (χ3n) is 5.47. The van der Waals surface area contributed by atoms with E-state index < -0.39 is 17.8 Å². The van der Waals surface area contributed by atoms with E-state index >= 15 is 0 Å². The third kappa shape index (κ3) is 3.36. The molecule has 1 aliphatic heterocycles. The lowest BCUT2D eigenvalue weighted by molar-refractivity contribution is -0.130. The second-order valence-electron chi connectivity index (χ2n) is 7.43. The molecule has 0 bridgehead atoms. The molecule has 4 aromatic carbocycles. The summed E-state index contributed by atoms with van der Waals surface area (Å²) in [7, 11) is 0. The summed E-state index contributed by atoms with van der Waals surface area (Å²) in [5.41, 5.74) is 1.52. The molecule has 0 aromatic heterocycles. The highest BCUT2D eigenvalue weighted by molar-refractivity contribution is 6.31. The van der Waals surface area contributed by atoms with Gasteiger partial charge in [0.05, 0.1) is 6.54 Å². The molecule has 0 saturated carbocycles. The first-order chi connectivity index (χ1) is 15.1. The maximum atomic E-state index is 13.2. The van der Waals surface area contributed by atoms with E-state index in [1.54, 1.807) is 6.08 Å². The number of rotatable bonds is 3. The van der Waals surface area contributed by atoms with E-state index in [-0.39, 0.29) is 12.1 Å². The number of imide groups is 2. The van der Waals surface area contributed by atoms with Gasteiger partial charge in [-0.3, -0.25) is 19.8 Å². The van der Waals surface area contributed by atoms with Crippen molar-refractivity contribution in [2.75, 3.05) is 0 Å². The van der Waals surface area contributed by atoms with Gasteiger partial charge in [-0.25, -0.2) is 4.79 Å². The number of amides is 4. The molecule has 0 aliphatic carbocycles. The summed E-state index contributed by atoms with van der Waals surface area (Å²) in [6, 6.07) is 26.3. The van der Waals surface area contributed by atoms with Crippen LogP contribution in [0.1, 0.15) is 11.1 Å². The summed E-state index contributed by atoms with van der Waals surface area (Å²) in [6.07, 6.45) is 1.60. The number of barbiturate groups is 1. The largest absolute Gasteiger partial charge is 0.331 e. The number of carbonyl (C=O) groups excluding carboxylic acids is 3. The molecule has 5 heteroatoms. The van der Waals surface area contributed by atoms with Gasteiger partial charge in [-0.2, -0.15) is 0 Å². The van der Waals surface area contributed by atoms with Crippen molar-refractivity contribution in [2.45, 2.75) is 6.54 Å². The zero-order chi connectivity index (χ0) is 21.4. The van der Waals surface area contributed by atoms with Crippen LogP contribution in [0.5, 0.6) is 0 Å². The minimum Gasteiger partial charge on any atom is -0.273 e. The Labute approximate surface area is 178 Å². The number of fused-ring (bicyclic) bond motifs is 2. The fourth-order valence-corrected chi connectivity index (χ4v) is 3.95. The average molecular weight is 406 g/mol. The van der Waals surface area contributed by atoms with Gasteiger partial charge >= 0.3 is 6.03 Å².